The second-order valence-corrected chi connectivity index (χ2v) is 3.97. The smallest absolute Gasteiger partial charge is 0.284 e. The van der Waals surface area contributed by atoms with E-state index in [0.29, 0.717) is 0 Å². The number of Topliss-reactive ketones (excluding diaryl/α,β-unsaturated/α-hetero) is 2. The van der Waals surface area contributed by atoms with Crippen LogP contribution in [0.5, 0.6) is 0 Å². The van der Waals surface area contributed by atoms with Crippen molar-refractivity contribution in [2.75, 3.05) is 0 Å². The van der Waals surface area contributed by atoms with Crippen molar-refractivity contribution < 1.29 is 48.6 Å². The molecule has 0 aromatic carbocycles. The summed E-state index contributed by atoms with van der Waals surface area (Å²) < 4.78 is 62.1. The van der Waals surface area contributed by atoms with Crippen LogP contribution in [0.4, 0.5) is 22.0 Å². The van der Waals surface area contributed by atoms with Crippen molar-refractivity contribution in [3.8, 4) is 0 Å². The molecule has 0 aliphatic carbocycles. The summed E-state index contributed by atoms with van der Waals surface area (Å²) in [6, 6.07) is 0. The first-order chi connectivity index (χ1) is 6.88. The van der Waals surface area contributed by atoms with Gasteiger partial charge in [-0.2, -0.15) is 22.0 Å². The van der Waals surface area contributed by atoms with E-state index in [9.17, 15) is 31.5 Å². The molecule has 0 aromatic heterocycles. The Labute approximate surface area is 105 Å². The van der Waals surface area contributed by atoms with Crippen LogP contribution in [-0.4, -0.2) is 23.7 Å². The van der Waals surface area contributed by atoms with Gasteiger partial charge in [0.2, 0.25) is 0 Å². The van der Waals surface area contributed by atoms with Gasteiger partial charge in [-0.15, -0.1) is 0 Å². The summed E-state index contributed by atoms with van der Waals surface area (Å²) in [5.41, 5.74) is -2.00. The fourth-order valence-corrected chi connectivity index (χ4v) is 0.801. The molecule has 8 heteroatoms. The number of ketones is 2. The normalized spacial score (nSPS) is 12.9. The molecule has 0 aromatic rings. The molecule has 2 nitrogen and oxygen atoms in total. The van der Waals surface area contributed by atoms with E-state index < -0.39 is 29.1 Å². The Balaban J connectivity index is 0. The monoisotopic (exact) mass is 309 g/mol. The van der Waals surface area contributed by atoms with Gasteiger partial charge in [0.15, 0.2) is 0 Å². The molecule has 0 N–H and O–H groups in total. The van der Waals surface area contributed by atoms with Gasteiger partial charge in [0.25, 0.3) is 5.78 Å². The van der Waals surface area contributed by atoms with Gasteiger partial charge in [0, 0.05) is 22.5 Å². The fourth-order valence-electron chi connectivity index (χ4n) is 0.801. The van der Waals surface area contributed by atoms with Crippen LogP contribution in [0.25, 0.3) is 0 Å². The molecule has 17 heavy (non-hydrogen) atoms. The Morgan fingerprint density at radius 2 is 1.29 bits per heavy atom. The van der Waals surface area contributed by atoms with Crippen molar-refractivity contribution in [2.45, 2.75) is 39.3 Å². The van der Waals surface area contributed by atoms with Crippen molar-refractivity contribution in [3.63, 3.8) is 0 Å². The van der Waals surface area contributed by atoms with Crippen LogP contribution < -0.4 is 0 Å². The molecule has 105 valence electrons. The van der Waals surface area contributed by atoms with Gasteiger partial charge in [0.1, 0.15) is 0 Å². The summed E-state index contributed by atoms with van der Waals surface area (Å²) in [6.45, 7) is 3.14. The molecule has 0 spiro atoms. The zero-order valence-corrected chi connectivity index (χ0v) is 10.2. The number of rotatable bonds is 4. The molecule has 0 heterocycles. The maximum atomic E-state index is 13.3. The third kappa shape index (κ3) is 3.74. The SMILES string of the molecule is CCC(C)(C)C(F)(F)C(=O)C(=O)C(F)(F)F.[Cu]. The van der Waals surface area contributed by atoms with E-state index in [1.54, 1.807) is 0 Å². The van der Waals surface area contributed by atoms with Gasteiger partial charge in [-0.05, 0) is 6.42 Å². The van der Waals surface area contributed by atoms with Gasteiger partial charge >= 0.3 is 17.9 Å². The second kappa shape index (κ2) is 5.44. The minimum absolute atomic E-state index is 0. The molecular formula is C9H11CuF5O2. The molecular weight excluding hydrogens is 299 g/mol. The number of halogens is 5. The molecule has 0 rings (SSSR count). The van der Waals surface area contributed by atoms with Crippen LogP contribution in [0.1, 0.15) is 27.2 Å². The zero-order chi connectivity index (χ0) is 13.4. The maximum Gasteiger partial charge on any atom is 0.458 e. The summed E-state index contributed by atoms with van der Waals surface area (Å²) in [7, 11) is 0. The van der Waals surface area contributed by atoms with Crippen molar-refractivity contribution in [3.05, 3.63) is 0 Å². The summed E-state index contributed by atoms with van der Waals surface area (Å²) >= 11 is 0. The Hall–Kier alpha value is -0.491. The van der Waals surface area contributed by atoms with Crippen LogP contribution >= 0.6 is 0 Å². The number of hydrogen-bond donors (Lipinski definition) is 0. The first-order valence-corrected chi connectivity index (χ1v) is 4.41. The minimum Gasteiger partial charge on any atom is -0.284 e. The van der Waals surface area contributed by atoms with Crippen LogP contribution in [0, 0.1) is 5.41 Å². The molecule has 1 radical (unpaired) electrons. The first kappa shape index (κ1) is 18.9. The fraction of sp³-hybridized carbons (Fsp3) is 0.778. The van der Waals surface area contributed by atoms with Crippen molar-refractivity contribution >= 4 is 11.6 Å². The summed E-state index contributed by atoms with van der Waals surface area (Å²) in [5.74, 6) is -10.0. The molecule has 0 bridgehead atoms. The molecule has 0 saturated heterocycles. The third-order valence-electron chi connectivity index (χ3n) is 2.48. The van der Waals surface area contributed by atoms with E-state index in [1.165, 1.54) is 6.92 Å². The number of carbonyl (C=O) groups excluding carboxylic acids is 2. The standard InChI is InChI=1S/C9H11F5O2.Cu/c1-4-7(2,3)8(10,11)5(15)6(16)9(12,13)14;/h4H2,1-3H3;. The quantitative estimate of drug-likeness (QED) is 0.454. The van der Waals surface area contributed by atoms with Crippen molar-refractivity contribution in [1.29, 1.82) is 0 Å². The molecule has 0 unspecified atom stereocenters. The predicted molar refractivity (Wildman–Crippen MR) is 45.1 cm³/mol. The van der Waals surface area contributed by atoms with Crippen LogP contribution in [0.3, 0.4) is 0 Å². The largest absolute Gasteiger partial charge is 0.458 e. The zero-order valence-electron chi connectivity index (χ0n) is 9.21. The van der Waals surface area contributed by atoms with Gasteiger partial charge < -0.3 is 0 Å². The number of hydrogen-bond acceptors (Lipinski definition) is 2. The Morgan fingerprint density at radius 3 is 1.53 bits per heavy atom. The van der Waals surface area contributed by atoms with E-state index >= 15 is 0 Å². The molecule has 0 saturated carbocycles. The topological polar surface area (TPSA) is 34.1 Å². The summed E-state index contributed by atoms with van der Waals surface area (Å²) in [6.07, 6.45) is -5.80. The molecule has 0 aliphatic heterocycles. The molecule has 0 fully saturated rings. The maximum absolute atomic E-state index is 13.3. The van der Waals surface area contributed by atoms with E-state index in [2.05, 4.69) is 0 Å². The second-order valence-electron chi connectivity index (χ2n) is 3.97. The van der Waals surface area contributed by atoms with Crippen molar-refractivity contribution in [2.24, 2.45) is 5.41 Å². The molecule has 0 amide bonds. The Kier molecular flexibility index (Phi) is 6.03. The van der Waals surface area contributed by atoms with Crippen LogP contribution in [-0.2, 0) is 26.7 Å². The van der Waals surface area contributed by atoms with E-state index in [4.69, 9.17) is 0 Å². The van der Waals surface area contributed by atoms with Gasteiger partial charge in [-0.3, -0.25) is 9.59 Å². The van der Waals surface area contributed by atoms with Crippen LogP contribution in [0.2, 0.25) is 0 Å². The van der Waals surface area contributed by atoms with E-state index in [1.807, 2.05) is 0 Å². The average Bonchev–Trinajstić information content (AvgIpc) is 2.13. The van der Waals surface area contributed by atoms with Crippen LogP contribution in [0.15, 0.2) is 0 Å². The van der Waals surface area contributed by atoms with Gasteiger partial charge in [0.05, 0.1) is 0 Å². The predicted octanol–water partition coefficient (Wildman–Crippen LogP) is 2.76. The Morgan fingerprint density at radius 1 is 0.941 bits per heavy atom. The van der Waals surface area contributed by atoms with E-state index in [0.717, 1.165) is 13.8 Å². The Bertz CT molecular complexity index is 309. The van der Waals surface area contributed by atoms with Gasteiger partial charge in [-0.1, -0.05) is 20.8 Å². The average molecular weight is 310 g/mol. The van der Waals surface area contributed by atoms with Gasteiger partial charge in [-0.25, -0.2) is 0 Å². The number of carbonyl (C=O) groups is 2. The minimum atomic E-state index is -5.57. The first-order valence-electron chi connectivity index (χ1n) is 4.41. The summed E-state index contributed by atoms with van der Waals surface area (Å²) in [5, 5.41) is 0. The summed E-state index contributed by atoms with van der Waals surface area (Å²) in [4.78, 5) is 21.2. The van der Waals surface area contributed by atoms with Crippen molar-refractivity contribution in [1.82, 2.24) is 0 Å². The number of alkyl halides is 5. The van der Waals surface area contributed by atoms with E-state index in [-0.39, 0.29) is 23.5 Å². The molecule has 0 atom stereocenters. The molecule has 0 aliphatic rings. The third-order valence-corrected chi connectivity index (χ3v) is 2.48.